The van der Waals surface area contributed by atoms with Gasteiger partial charge in [0.05, 0.1) is 11.4 Å². The molecule has 0 radical (unpaired) electrons. The summed E-state index contributed by atoms with van der Waals surface area (Å²) in [5, 5.41) is 12.2. The van der Waals surface area contributed by atoms with Crippen molar-refractivity contribution in [3.8, 4) is 0 Å². The summed E-state index contributed by atoms with van der Waals surface area (Å²) in [6.07, 6.45) is 1.41. The van der Waals surface area contributed by atoms with Crippen molar-refractivity contribution in [2.45, 2.75) is 50.1 Å². The molecule has 0 aromatic heterocycles. The number of carboxylic acids is 1. The van der Waals surface area contributed by atoms with E-state index in [2.05, 4.69) is 5.32 Å². The highest BCUT2D eigenvalue weighted by molar-refractivity contribution is 8.01. The van der Waals surface area contributed by atoms with Crippen LogP contribution in [0.2, 0.25) is 0 Å². The van der Waals surface area contributed by atoms with Gasteiger partial charge in [-0.2, -0.15) is 0 Å². The number of hydrogen-bond acceptors (Lipinski definition) is 5. The average molecular weight is 302 g/mol. The highest BCUT2D eigenvalue weighted by Gasteiger charge is 2.46. The lowest BCUT2D eigenvalue weighted by Gasteiger charge is -2.40. The second kappa shape index (κ2) is 5.44. The van der Waals surface area contributed by atoms with E-state index >= 15 is 0 Å². The van der Waals surface area contributed by atoms with Crippen LogP contribution < -0.4 is 5.32 Å². The molecule has 0 aliphatic carbocycles. The minimum Gasteiger partial charge on any atom is -0.480 e. The molecule has 0 aromatic rings. The minimum absolute atomic E-state index is 0.322. The van der Waals surface area contributed by atoms with E-state index in [-0.39, 0.29) is 11.0 Å². The van der Waals surface area contributed by atoms with Gasteiger partial charge in [0, 0.05) is 12.3 Å². The molecule has 20 heavy (non-hydrogen) atoms. The zero-order valence-electron chi connectivity index (χ0n) is 12.1. The van der Waals surface area contributed by atoms with Crippen LogP contribution in [0.4, 0.5) is 4.79 Å². The molecule has 114 valence electrons. The van der Waals surface area contributed by atoms with E-state index in [4.69, 9.17) is 9.84 Å². The Balaban J connectivity index is 1.99. The largest absolute Gasteiger partial charge is 0.480 e. The molecule has 2 atom stereocenters. The van der Waals surface area contributed by atoms with E-state index in [0.29, 0.717) is 18.8 Å². The summed E-state index contributed by atoms with van der Waals surface area (Å²) in [4.78, 5) is 24.5. The number of aliphatic carboxylic acids is 1. The zero-order chi connectivity index (χ0) is 15.0. The van der Waals surface area contributed by atoms with Crippen molar-refractivity contribution >= 4 is 23.8 Å². The van der Waals surface area contributed by atoms with Gasteiger partial charge in [-0.3, -0.25) is 10.1 Å². The van der Waals surface area contributed by atoms with Crippen molar-refractivity contribution in [1.82, 2.24) is 10.2 Å². The number of carbonyl (C=O) groups excluding carboxylic acids is 1. The highest BCUT2D eigenvalue weighted by Crippen LogP contribution is 2.38. The molecule has 0 aromatic carbocycles. The van der Waals surface area contributed by atoms with Crippen LogP contribution in [-0.2, 0) is 9.53 Å². The lowest BCUT2D eigenvalue weighted by Crippen LogP contribution is -2.56. The summed E-state index contributed by atoms with van der Waals surface area (Å²) in [7, 11) is 0. The Morgan fingerprint density at radius 1 is 1.45 bits per heavy atom. The molecular weight excluding hydrogens is 280 g/mol. The fraction of sp³-hybridized carbons (Fsp3) is 0.846. The Morgan fingerprint density at radius 3 is 2.70 bits per heavy atom. The number of rotatable bonds is 1. The van der Waals surface area contributed by atoms with Crippen LogP contribution in [0, 0.1) is 0 Å². The van der Waals surface area contributed by atoms with Crippen molar-refractivity contribution in [3.63, 3.8) is 0 Å². The molecule has 2 rings (SSSR count). The number of nitrogens with zero attached hydrogens (tertiary/aromatic N) is 1. The van der Waals surface area contributed by atoms with E-state index < -0.39 is 17.6 Å². The SMILES string of the molecule is CC(C)(C)OC(=O)N1CCCC2(C1)NC(C(=O)O)CS2. The molecule has 2 aliphatic heterocycles. The summed E-state index contributed by atoms with van der Waals surface area (Å²) >= 11 is 1.60. The number of likely N-dealkylation sites (tertiary alicyclic amines) is 1. The van der Waals surface area contributed by atoms with Crippen LogP contribution in [0.25, 0.3) is 0 Å². The van der Waals surface area contributed by atoms with E-state index in [9.17, 15) is 9.59 Å². The van der Waals surface area contributed by atoms with E-state index in [1.54, 1.807) is 16.7 Å². The molecule has 2 N–H and O–H groups in total. The van der Waals surface area contributed by atoms with Crippen LogP contribution in [0.1, 0.15) is 33.6 Å². The summed E-state index contributed by atoms with van der Waals surface area (Å²) < 4.78 is 5.39. The fourth-order valence-corrected chi connectivity index (χ4v) is 3.99. The molecule has 2 unspecified atom stereocenters. The molecule has 1 amide bonds. The maximum absolute atomic E-state index is 12.1. The predicted octanol–water partition coefficient (Wildman–Crippen LogP) is 1.50. The van der Waals surface area contributed by atoms with Crippen molar-refractivity contribution < 1.29 is 19.4 Å². The third kappa shape index (κ3) is 3.58. The van der Waals surface area contributed by atoms with E-state index in [1.807, 2.05) is 20.8 Å². The van der Waals surface area contributed by atoms with Gasteiger partial charge < -0.3 is 14.7 Å². The van der Waals surface area contributed by atoms with Crippen molar-refractivity contribution in [2.75, 3.05) is 18.8 Å². The number of nitrogens with one attached hydrogen (secondary N) is 1. The van der Waals surface area contributed by atoms with Gasteiger partial charge in [-0.15, -0.1) is 11.8 Å². The van der Waals surface area contributed by atoms with Gasteiger partial charge in [-0.05, 0) is 33.6 Å². The van der Waals surface area contributed by atoms with Gasteiger partial charge in [0.15, 0.2) is 0 Å². The topological polar surface area (TPSA) is 78.9 Å². The molecule has 6 nitrogen and oxygen atoms in total. The Morgan fingerprint density at radius 2 is 2.15 bits per heavy atom. The zero-order valence-corrected chi connectivity index (χ0v) is 13.0. The van der Waals surface area contributed by atoms with Crippen molar-refractivity contribution in [3.05, 3.63) is 0 Å². The summed E-state index contributed by atoms with van der Waals surface area (Å²) in [6, 6.07) is -0.529. The van der Waals surface area contributed by atoms with Crippen LogP contribution >= 0.6 is 11.8 Å². The number of hydrogen-bond donors (Lipinski definition) is 2. The summed E-state index contributed by atoms with van der Waals surface area (Å²) in [6.45, 7) is 6.68. The van der Waals surface area contributed by atoms with Gasteiger partial charge in [0.25, 0.3) is 0 Å². The van der Waals surface area contributed by atoms with Crippen LogP contribution in [-0.4, -0.2) is 57.4 Å². The number of carboxylic acid groups (broad SMARTS) is 1. The van der Waals surface area contributed by atoms with Gasteiger partial charge in [-0.1, -0.05) is 0 Å². The monoisotopic (exact) mass is 302 g/mol. The van der Waals surface area contributed by atoms with Crippen LogP contribution in [0.3, 0.4) is 0 Å². The third-order valence-corrected chi connectivity index (χ3v) is 4.87. The highest BCUT2D eigenvalue weighted by atomic mass is 32.2. The number of carbonyl (C=O) groups is 2. The summed E-state index contributed by atoms with van der Waals surface area (Å²) in [5.74, 6) is -0.291. The Labute approximate surface area is 123 Å². The molecule has 1 spiro atoms. The molecule has 2 aliphatic rings. The quantitative estimate of drug-likeness (QED) is 0.764. The first-order chi connectivity index (χ1) is 9.21. The molecule has 2 fully saturated rings. The first kappa shape index (κ1) is 15.4. The predicted molar refractivity (Wildman–Crippen MR) is 76.8 cm³/mol. The average Bonchev–Trinajstić information content (AvgIpc) is 2.71. The fourth-order valence-electron chi connectivity index (χ4n) is 2.52. The third-order valence-electron chi connectivity index (χ3n) is 3.37. The standard InChI is InChI=1S/C13H22N2O4S/c1-12(2,3)19-11(18)15-6-4-5-13(8-15)14-9(7-20-13)10(16)17/h9,14H,4-8H2,1-3H3,(H,16,17). The number of piperidine rings is 1. The van der Waals surface area contributed by atoms with Crippen molar-refractivity contribution in [1.29, 1.82) is 0 Å². The van der Waals surface area contributed by atoms with E-state index in [0.717, 1.165) is 12.8 Å². The molecular formula is C13H22N2O4S. The van der Waals surface area contributed by atoms with E-state index in [1.165, 1.54) is 0 Å². The maximum atomic E-state index is 12.1. The van der Waals surface area contributed by atoms with Gasteiger partial charge in [0.2, 0.25) is 0 Å². The van der Waals surface area contributed by atoms with Crippen LogP contribution in [0.15, 0.2) is 0 Å². The van der Waals surface area contributed by atoms with Crippen molar-refractivity contribution in [2.24, 2.45) is 0 Å². The first-order valence-electron chi connectivity index (χ1n) is 6.83. The van der Waals surface area contributed by atoms with Gasteiger partial charge >= 0.3 is 12.1 Å². The van der Waals surface area contributed by atoms with Gasteiger partial charge in [-0.25, -0.2) is 4.79 Å². The smallest absolute Gasteiger partial charge is 0.410 e. The molecule has 0 saturated carbocycles. The minimum atomic E-state index is -0.830. The number of ether oxygens (including phenoxy) is 1. The van der Waals surface area contributed by atoms with Crippen LogP contribution in [0.5, 0.6) is 0 Å². The second-order valence-electron chi connectivity index (χ2n) is 6.35. The second-order valence-corrected chi connectivity index (χ2v) is 7.75. The molecule has 7 heteroatoms. The number of thioether (sulfide) groups is 1. The Kier molecular flexibility index (Phi) is 4.20. The van der Waals surface area contributed by atoms with Gasteiger partial charge in [0.1, 0.15) is 11.6 Å². The lowest BCUT2D eigenvalue weighted by molar-refractivity contribution is -0.139. The number of amides is 1. The lowest BCUT2D eigenvalue weighted by atomic mass is 10.0. The molecule has 2 heterocycles. The summed E-state index contributed by atoms with van der Waals surface area (Å²) in [5.41, 5.74) is -0.512. The molecule has 2 saturated heterocycles. The Bertz CT molecular complexity index is 410. The maximum Gasteiger partial charge on any atom is 0.410 e. The Hall–Kier alpha value is -0.950. The molecule has 0 bridgehead atoms. The normalized spacial score (nSPS) is 30.6. The first-order valence-corrected chi connectivity index (χ1v) is 7.82.